The summed E-state index contributed by atoms with van der Waals surface area (Å²) < 4.78 is 3.71. The molecule has 1 amide bonds. The molecule has 0 aliphatic carbocycles. The molecule has 1 N–H and O–H groups in total. The molecule has 8 heteroatoms. The van der Waals surface area contributed by atoms with Crippen molar-refractivity contribution in [2.45, 2.75) is 33.1 Å². The van der Waals surface area contributed by atoms with Crippen LogP contribution in [0.15, 0.2) is 42.7 Å². The van der Waals surface area contributed by atoms with Crippen LogP contribution in [0.25, 0.3) is 22.4 Å². The summed E-state index contributed by atoms with van der Waals surface area (Å²) in [4.78, 5) is 12.1. The quantitative estimate of drug-likeness (QED) is 0.502. The first kappa shape index (κ1) is 19.4. The second-order valence-electron chi connectivity index (χ2n) is 7.51. The van der Waals surface area contributed by atoms with Crippen molar-refractivity contribution in [1.82, 2.24) is 29.5 Å². The van der Waals surface area contributed by atoms with Gasteiger partial charge in [0.1, 0.15) is 11.3 Å². The van der Waals surface area contributed by atoms with Crippen LogP contribution in [0, 0.1) is 5.92 Å². The third-order valence-corrected chi connectivity index (χ3v) is 5.10. The lowest BCUT2D eigenvalue weighted by Gasteiger charge is -2.06. The van der Waals surface area contributed by atoms with Gasteiger partial charge in [0.15, 0.2) is 5.65 Å². The lowest BCUT2D eigenvalue weighted by molar-refractivity contribution is -0.121. The Kier molecular flexibility index (Phi) is 5.49. The molecule has 7 nitrogen and oxygen atoms in total. The Labute approximate surface area is 173 Å². The van der Waals surface area contributed by atoms with Crippen LogP contribution in [-0.4, -0.2) is 36.7 Å². The Hall–Kier alpha value is -2.93. The lowest BCUT2D eigenvalue weighted by Crippen LogP contribution is -2.25. The van der Waals surface area contributed by atoms with E-state index in [2.05, 4.69) is 34.5 Å². The smallest absolute Gasteiger partial charge is 0.220 e. The van der Waals surface area contributed by atoms with E-state index in [1.165, 1.54) is 0 Å². The Morgan fingerprint density at radius 2 is 1.97 bits per heavy atom. The van der Waals surface area contributed by atoms with Gasteiger partial charge in [-0.3, -0.25) is 9.20 Å². The van der Waals surface area contributed by atoms with E-state index in [-0.39, 0.29) is 5.91 Å². The van der Waals surface area contributed by atoms with E-state index in [4.69, 9.17) is 11.6 Å². The molecule has 0 saturated heterocycles. The highest BCUT2D eigenvalue weighted by Crippen LogP contribution is 2.23. The molecule has 0 aliphatic heterocycles. The first-order valence-corrected chi connectivity index (χ1v) is 10.1. The number of hydrogen-bond acceptors (Lipinski definition) is 4. The summed E-state index contributed by atoms with van der Waals surface area (Å²) in [6, 6.07) is 9.55. The van der Waals surface area contributed by atoms with Gasteiger partial charge < -0.3 is 5.32 Å². The van der Waals surface area contributed by atoms with Crippen LogP contribution in [0.4, 0.5) is 0 Å². The molecule has 0 saturated carbocycles. The zero-order valence-electron chi connectivity index (χ0n) is 16.5. The molecule has 3 heterocycles. The summed E-state index contributed by atoms with van der Waals surface area (Å²) in [7, 11) is 0. The highest BCUT2D eigenvalue weighted by molar-refractivity contribution is 6.30. The number of aromatic nitrogens is 5. The summed E-state index contributed by atoms with van der Waals surface area (Å²) in [5.74, 6) is 1.38. The molecule has 29 heavy (non-hydrogen) atoms. The van der Waals surface area contributed by atoms with Gasteiger partial charge in [-0.05, 0) is 30.5 Å². The average Bonchev–Trinajstić information content (AvgIpc) is 3.30. The van der Waals surface area contributed by atoms with Crippen molar-refractivity contribution in [3.63, 3.8) is 0 Å². The van der Waals surface area contributed by atoms with Crippen LogP contribution in [0.2, 0.25) is 5.02 Å². The summed E-state index contributed by atoms with van der Waals surface area (Å²) >= 11 is 5.98. The molecule has 0 atom stereocenters. The summed E-state index contributed by atoms with van der Waals surface area (Å²) in [5, 5.41) is 16.9. The van der Waals surface area contributed by atoms with Gasteiger partial charge in [-0.25, -0.2) is 4.52 Å². The maximum absolute atomic E-state index is 12.1. The number of amides is 1. The molecule has 0 bridgehead atoms. The van der Waals surface area contributed by atoms with Crippen molar-refractivity contribution in [1.29, 1.82) is 0 Å². The molecule has 3 aromatic heterocycles. The van der Waals surface area contributed by atoms with Gasteiger partial charge in [0.05, 0.1) is 5.69 Å². The van der Waals surface area contributed by atoms with Crippen molar-refractivity contribution < 1.29 is 4.79 Å². The Morgan fingerprint density at radius 1 is 1.17 bits per heavy atom. The number of nitrogens with zero attached hydrogens (tertiary/aromatic N) is 5. The number of aryl methyl sites for hydroxylation is 1. The highest BCUT2D eigenvalue weighted by atomic mass is 35.5. The fourth-order valence-corrected chi connectivity index (χ4v) is 3.33. The maximum atomic E-state index is 12.1. The number of halogens is 1. The fourth-order valence-electron chi connectivity index (χ4n) is 3.21. The second kappa shape index (κ2) is 8.21. The van der Waals surface area contributed by atoms with Gasteiger partial charge >= 0.3 is 0 Å². The van der Waals surface area contributed by atoms with Crippen LogP contribution in [0.3, 0.4) is 0 Å². The summed E-state index contributed by atoms with van der Waals surface area (Å²) in [5.41, 5.74) is 3.39. The Balaban J connectivity index is 1.53. The molecule has 0 radical (unpaired) electrons. The van der Waals surface area contributed by atoms with E-state index in [1.54, 1.807) is 4.52 Å². The zero-order chi connectivity index (χ0) is 20.4. The monoisotopic (exact) mass is 410 g/mol. The molecule has 4 rings (SSSR count). The molecule has 0 unspecified atom stereocenters. The molecular formula is C21H23ClN6O. The number of rotatable bonds is 7. The van der Waals surface area contributed by atoms with Gasteiger partial charge in [-0.1, -0.05) is 37.6 Å². The number of benzene rings is 1. The van der Waals surface area contributed by atoms with E-state index >= 15 is 0 Å². The lowest BCUT2D eigenvalue weighted by atomic mass is 10.1. The van der Waals surface area contributed by atoms with Crippen LogP contribution >= 0.6 is 11.6 Å². The molecule has 0 spiro atoms. The largest absolute Gasteiger partial charge is 0.356 e. The van der Waals surface area contributed by atoms with Crippen LogP contribution in [0.1, 0.15) is 32.5 Å². The van der Waals surface area contributed by atoms with Crippen LogP contribution < -0.4 is 5.32 Å². The number of nitrogens with one attached hydrogen (secondary N) is 1. The molecular weight excluding hydrogens is 388 g/mol. The summed E-state index contributed by atoms with van der Waals surface area (Å²) in [6.07, 6.45) is 5.65. The fraction of sp³-hybridized carbons (Fsp3) is 0.333. The third kappa shape index (κ3) is 4.24. The zero-order valence-corrected chi connectivity index (χ0v) is 17.2. The molecule has 0 aliphatic rings. The standard InChI is InChI=1S/C21H23ClN6O/c1-14(2)9-10-23-20(29)8-7-19-24-25-21-18-13-17(15-3-5-16(22)6-4-15)26-28(18)12-11-27(19)21/h3-6,11-14H,7-10H2,1-2H3,(H,23,29). The minimum absolute atomic E-state index is 0.0397. The molecule has 0 fully saturated rings. The third-order valence-electron chi connectivity index (χ3n) is 4.85. The first-order chi connectivity index (χ1) is 14.0. The maximum Gasteiger partial charge on any atom is 0.220 e. The van der Waals surface area contributed by atoms with Gasteiger partial charge in [0.25, 0.3) is 0 Å². The highest BCUT2D eigenvalue weighted by Gasteiger charge is 2.13. The van der Waals surface area contributed by atoms with E-state index < -0.39 is 0 Å². The first-order valence-electron chi connectivity index (χ1n) is 9.76. The van der Waals surface area contributed by atoms with E-state index in [0.717, 1.165) is 34.7 Å². The number of fused-ring (bicyclic) bond motifs is 3. The van der Waals surface area contributed by atoms with Gasteiger partial charge in [0, 0.05) is 42.4 Å². The summed E-state index contributed by atoms with van der Waals surface area (Å²) in [6.45, 7) is 5.00. The van der Waals surface area contributed by atoms with Gasteiger partial charge in [0.2, 0.25) is 5.91 Å². The number of hydrogen-bond donors (Lipinski definition) is 1. The van der Waals surface area contributed by atoms with Crippen molar-refractivity contribution >= 4 is 28.7 Å². The molecule has 150 valence electrons. The average molecular weight is 411 g/mol. The van der Waals surface area contributed by atoms with E-state index in [9.17, 15) is 4.79 Å². The second-order valence-corrected chi connectivity index (χ2v) is 7.94. The van der Waals surface area contributed by atoms with Crippen molar-refractivity contribution in [3.05, 3.63) is 53.6 Å². The minimum Gasteiger partial charge on any atom is -0.356 e. The van der Waals surface area contributed by atoms with E-state index in [0.29, 0.717) is 30.3 Å². The van der Waals surface area contributed by atoms with Crippen LogP contribution in [0.5, 0.6) is 0 Å². The predicted molar refractivity (Wildman–Crippen MR) is 113 cm³/mol. The Bertz CT molecular complexity index is 1150. The minimum atomic E-state index is 0.0397. The Morgan fingerprint density at radius 3 is 2.72 bits per heavy atom. The molecule has 1 aromatic carbocycles. The normalized spacial score (nSPS) is 11.6. The predicted octanol–water partition coefficient (Wildman–Crippen LogP) is 3.79. The van der Waals surface area contributed by atoms with Crippen molar-refractivity contribution in [2.24, 2.45) is 5.92 Å². The SMILES string of the molecule is CC(C)CCNC(=O)CCc1nnc2c3cc(-c4ccc(Cl)cc4)nn3ccn12. The van der Waals surface area contributed by atoms with Crippen molar-refractivity contribution in [2.75, 3.05) is 6.54 Å². The number of carbonyl (C=O) groups is 1. The van der Waals surface area contributed by atoms with Crippen molar-refractivity contribution in [3.8, 4) is 11.3 Å². The van der Waals surface area contributed by atoms with E-state index in [1.807, 2.05) is 47.1 Å². The molecule has 4 aromatic rings. The van der Waals surface area contributed by atoms with Gasteiger partial charge in [-0.2, -0.15) is 5.10 Å². The van der Waals surface area contributed by atoms with Crippen LogP contribution in [-0.2, 0) is 11.2 Å². The van der Waals surface area contributed by atoms with Gasteiger partial charge in [-0.15, -0.1) is 10.2 Å². The number of carbonyl (C=O) groups excluding carboxylic acids is 1. The topological polar surface area (TPSA) is 76.6 Å².